The molecule has 10 nitrogen and oxygen atoms in total. The van der Waals surface area contributed by atoms with Crippen LogP contribution in [-0.4, -0.2) is 66.0 Å². The number of carbonyl (C=O) groups is 3. The standard InChI is InChI=1S/C31H36N6O4/c32-28-17-22(12-14-34-28)31(41)36-26-19-33-13-4-5-25(26)35-30(40)21-8-6-20(7-9-21)29(39)24-18-23(10-11-27(24)38)37-15-2-1-3-16-37/h6-12,14,17-18,25-26,33,38H,1-5,13,15-16,19H2,(H2,32,34)(H,35,40)(H,36,41)/t25-,26-/m1/s1. The number of nitrogens with two attached hydrogens (primary N) is 1. The van der Waals surface area contributed by atoms with Crippen molar-refractivity contribution >= 4 is 29.1 Å². The van der Waals surface area contributed by atoms with E-state index in [-0.39, 0.29) is 46.8 Å². The third kappa shape index (κ3) is 6.83. The highest BCUT2D eigenvalue weighted by molar-refractivity contribution is 6.11. The van der Waals surface area contributed by atoms with Gasteiger partial charge in [0, 0.05) is 48.2 Å². The average molecular weight is 557 g/mol. The van der Waals surface area contributed by atoms with Crippen molar-refractivity contribution in [3.63, 3.8) is 0 Å². The molecule has 41 heavy (non-hydrogen) atoms. The van der Waals surface area contributed by atoms with Gasteiger partial charge in [-0.2, -0.15) is 0 Å². The van der Waals surface area contributed by atoms with Crippen molar-refractivity contribution in [1.29, 1.82) is 0 Å². The van der Waals surface area contributed by atoms with Gasteiger partial charge < -0.3 is 31.7 Å². The van der Waals surface area contributed by atoms with Gasteiger partial charge >= 0.3 is 0 Å². The first-order chi connectivity index (χ1) is 19.9. The molecule has 2 aromatic carbocycles. The van der Waals surface area contributed by atoms with E-state index in [2.05, 4.69) is 25.8 Å². The number of carbonyl (C=O) groups excluding carboxylic acids is 3. The summed E-state index contributed by atoms with van der Waals surface area (Å²) in [5.41, 5.74) is 8.07. The van der Waals surface area contributed by atoms with E-state index in [9.17, 15) is 19.5 Å². The Kier molecular flexibility index (Phi) is 8.79. The van der Waals surface area contributed by atoms with Crippen LogP contribution in [0.1, 0.15) is 68.7 Å². The summed E-state index contributed by atoms with van der Waals surface area (Å²) in [4.78, 5) is 45.5. The summed E-state index contributed by atoms with van der Waals surface area (Å²) in [7, 11) is 0. The molecule has 10 heteroatoms. The third-order valence-corrected chi connectivity index (χ3v) is 7.75. The Morgan fingerprint density at radius 3 is 2.32 bits per heavy atom. The SMILES string of the molecule is Nc1cc(C(=O)N[C@@H]2CNCCC[C@H]2NC(=O)c2ccc(C(=O)c3cc(N4CCCCC4)ccc3O)cc2)ccn1. The molecule has 2 amide bonds. The quantitative estimate of drug-likeness (QED) is 0.279. The first-order valence-electron chi connectivity index (χ1n) is 14.2. The molecule has 2 atom stereocenters. The molecule has 0 saturated carbocycles. The minimum atomic E-state index is -0.334. The number of nitrogens with zero attached hydrogens (tertiary/aromatic N) is 2. The molecule has 0 radical (unpaired) electrons. The molecule has 0 spiro atoms. The van der Waals surface area contributed by atoms with Crippen LogP contribution in [0.2, 0.25) is 0 Å². The second-order valence-electron chi connectivity index (χ2n) is 10.6. The van der Waals surface area contributed by atoms with Crippen molar-refractivity contribution in [3.8, 4) is 5.75 Å². The largest absolute Gasteiger partial charge is 0.507 e. The van der Waals surface area contributed by atoms with Gasteiger partial charge in [0.05, 0.1) is 17.6 Å². The lowest BCUT2D eigenvalue weighted by molar-refractivity contribution is 0.0882. The third-order valence-electron chi connectivity index (χ3n) is 7.75. The fraction of sp³-hybridized carbons (Fsp3) is 0.355. The van der Waals surface area contributed by atoms with Gasteiger partial charge in [0.2, 0.25) is 0 Å². The lowest BCUT2D eigenvalue weighted by atomic mass is 9.99. The van der Waals surface area contributed by atoms with E-state index in [0.29, 0.717) is 29.7 Å². The van der Waals surface area contributed by atoms with Crippen LogP contribution in [-0.2, 0) is 0 Å². The van der Waals surface area contributed by atoms with Crippen LogP contribution in [0.5, 0.6) is 5.75 Å². The average Bonchev–Trinajstić information content (AvgIpc) is 3.22. The molecule has 0 aliphatic carbocycles. The Bertz CT molecular complexity index is 1400. The number of ketones is 1. The van der Waals surface area contributed by atoms with Gasteiger partial charge in [-0.3, -0.25) is 14.4 Å². The van der Waals surface area contributed by atoms with Gasteiger partial charge in [0.15, 0.2) is 5.78 Å². The van der Waals surface area contributed by atoms with Crippen molar-refractivity contribution in [3.05, 3.63) is 83.0 Å². The molecule has 6 N–H and O–H groups in total. The number of hydrogen-bond acceptors (Lipinski definition) is 8. The van der Waals surface area contributed by atoms with E-state index in [1.165, 1.54) is 18.7 Å². The van der Waals surface area contributed by atoms with Gasteiger partial charge in [-0.15, -0.1) is 0 Å². The van der Waals surface area contributed by atoms with Gasteiger partial charge in [0.25, 0.3) is 11.8 Å². The molecule has 1 aromatic heterocycles. The molecule has 5 rings (SSSR count). The number of aromatic nitrogens is 1. The van der Waals surface area contributed by atoms with Crippen molar-refractivity contribution in [2.75, 3.05) is 36.8 Å². The molecule has 2 fully saturated rings. The van der Waals surface area contributed by atoms with Crippen molar-refractivity contribution < 1.29 is 19.5 Å². The number of phenols is 1. The predicted molar refractivity (Wildman–Crippen MR) is 157 cm³/mol. The fourth-order valence-corrected chi connectivity index (χ4v) is 5.45. The van der Waals surface area contributed by atoms with Crippen LogP contribution in [0.15, 0.2) is 60.8 Å². The van der Waals surface area contributed by atoms with Crippen molar-refractivity contribution in [2.45, 2.75) is 44.2 Å². The number of anilines is 2. The first kappa shape index (κ1) is 28.1. The van der Waals surface area contributed by atoms with Crippen LogP contribution < -0.4 is 26.6 Å². The summed E-state index contributed by atoms with van der Waals surface area (Å²) < 4.78 is 0. The number of nitrogens with one attached hydrogen (secondary N) is 3. The smallest absolute Gasteiger partial charge is 0.251 e. The Morgan fingerprint density at radius 2 is 1.56 bits per heavy atom. The molecular weight excluding hydrogens is 520 g/mol. The number of aromatic hydroxyl groups is 1. The lowest BCUT2D eigenvalue weighted by Gasteiger charge is -2.29. The molecule has 0 unspecified atom stereocenters. The number of piperidine rings is 1. The van der Waals surface area contributed by atoms with Crippen LogP contribution >= 0.6 is 0 Å². The number of rotatable bonds is 7. The van der Waals surface area contributed by atoms with E-state index in [1.807, 2.05) is 6.07 Å². The fourth-order valence-electron chi connectivity index (χ4n) is 5.45. The minimum absolute atomic E-state index is 0.0675. The highest BCUT2D eigenvalue weighted by Gasteiger charge is 2.27. The second kappa shape index (κ2) is 12.8. The number of amides is 2. The lowest BCUT2D eigenvalue weighted by Crippen LogP contribution is -2.54. The van der Waals surface area contributed by atoms with Crippen LogP contribution in [0.25, 0.3) is 0 Å². The maximum Gasteiger partial charge on any atom is 0.251 e. The first-order valence-corrected chi connectivity index (χ1v) is 14.2. The number of hydrogen-bond donors (Lipinski definition) is 5. The molecule has 3 aromatic rings. The van der Waals surface area contributed by atoms with Crippen LogP contribution in [0.4, 0.5) is 11.5 Å². The summed E-state index contributed by atoms with van der Waals surface area (Å²) >= 11 is 0. The van der Waals surface area contributed by atoms with Gasteiger partial charge in [-0.1, -0.05) is 12.1 Å². The highest BCUT2D eigenvalue weighted by Crippen LogP contribution is 2.28. The van der Waals surface area contributed by atoms with E-state index in [4.69, 9.17) is 5.73 Å². The topological polar surface area (TPSA) is 150 Å². The maximum atomic E-state index is 13.3. The van der Waals surface area contributed by atoms with E-state index in [0.717, 1.165) is 44.6 Å². The highest BCUT2D eigenvalue weighted by atomic mass is 16.3. The summed E-state index contributed by atoms with van der Waals surface area (Å²) in [5, 5.41) is 19.8. The number of pyridine rings is 1. The molecule has 2 saturated heterocycles. The minimum Gasteiger partial charge on any atom is -0.507 e. The number of nitrogen functional groups attached to an aromatic ring is 1. The molecule has 214 valence electrons. The normalized spacial score (nSPS) is 19.2. The van der Waals surface area contributed by atoms with E-state index >= 15 is 0 Å². The summed E-state index contributed by atoms with van der Waals surface area (Å²) in [6, 6.07) is 14.1. The second-order valence-corrected chi connectivity index (χ2v) is 10.6. The van der Waals surface area contributed by atoms with E-state index in [1.54, 1.807) is 42.5 Å². The maximum absolute atomic E-state index is 13.3. The monoisotopic (exact) mass is 556 g/mol. The Hall–Kier alpha value is -4.44. The zero-order valence-electron chi connectivity index (χ0n) is 22.9. The zero-order valence-corrected chi connectivity index (χ0v) is 22.9. The Balaban J connectivity index is 1.26. The van der Waals surface area contributed by atoms with Gasteiger partial charge in [-0.05, 0) is 81.1 Å². The summed E-state index contributed by atoms with van der Waals surface area (Å²) in [5.74, 6) is -0.695. The zero-order chi connectivity index (χ0) is 28.8. The van der Waals surface area contributed by atoms with Gasteiger partial charge in [-0.25, -0.2) is 4.98 Å². The Labute approximate surface area is 239 Å². The molecule has 0 bridgehead atoms. The van der Waals surface area contributed by atoms with Crippen molar-refractivity contribution in [1.82, 2.24) is 20.9 Å². The summed E-state index contributed by atoms with van der Waals surface area (Å²) in [6.07, 6.45) is 6.43. The van der Waals surface area contributed by atoms with Gasteiger partial charge in [0.1, 0.15) is 11.6 Å². The molecule has 3 heterocycles. The molecular formula is C31H36N6O4. The van der Waals surface area contributed by atoms with Crippen LogP contribution in [0, 0.1) is 0 Å². The molecule has 2 aliphatic heterocycles. The number of phenolic OH excluding ortho intramolecular Hbond substituents is 1. The predicted octanol–water partition coefficient (Wildman–Crippen LogP) is 2.87. The number of benzene rings is 2. The Morgan fingerprint density at radius 1 is 0.854 bits per heavy atom. The van der Waals surface area contributed by atoms with Crippen LogP contribution in [0.3, 0.4) is 0 Å². The summed E-state index contributed by atoms with van der Waals surface area (Å²) in [6.45, 7) is 3.15. The van der Waals surface area contributed by atoms with E-state index < -0.39 is 0 Å². The van der Waals surface area contributed by atoms with Crippen molar-refractivity contribution in [2.24, 2.45) is 0 Å². The molecule has 2 aliphatic rings.